The van der Waals surface area contributed by atoms with Gasteiger partial charge in [0.15, 0.2) is 0 Å². The minimum atomic E-state index is -0.739. The average molecular weight is 392 g/mol. The van der Waals surface area contributed by atoms with E-state index >= 15 is 0 Å². The van der Waals surface area contributed by atoms with Gasteiger partial charge in [-0.2, -0.15) is 0 Å². The molecule has 2 bridgehead atoms. The largest absolute Gasteiger partial charge is 0.384 e. The van der Waals surface area contributed by atoms with Gasteiger partial charge in [0.25, 0.3) is 0 Å². The van der Waals surface area contributed by atoms with Crippen molar-refractivity contribution in [2.75, 3.05) is 0 Å². The van der Waals surface area contributed by atoms with Gasteiger partial charge in [-0.25, -0.2) is 0 Å². The molecule has 0 spiro atoms. The molecule has 4 aromatic carbocycles. The van der Waals surface area contributed by atoms with Crippen molar-refractivity contribution in [2.45, 2.75) is 25.0 Å². The van der Waals surface area contributed by atoms with E-state index < -0.39 is 12.2 Å². The van der Waals surface area contributed by atoms with E-state index in [0.29, 0.717) is 0 Å². The Kier molecular flexibility index (Phi) is 4.96. The fraction of sp³-hybridized carbons (Fsp3) is 0.143. The number of aliphatic hydroxyl groups is 2. The first-order valence-electron chi connectivity index (χ1n) is 10.4. The first-order valence-corrected chi connectivity index (χ1v) is 10.4. The Morgan fingerprint density at radius 2 is 0.867 bits per heavy atom. The van der Waals surface area contributed by atoms with E-state index in [1.165, 1.54) is 11.1 Å². The second kappa shape index (κ2) is 7.91. The summed E-state index contributed by atoms with van der Waals surface area (Å²) in [4.78, 5) is 0. The summed E-state index contributed by atoms with van der Waals surface area (Å²) in [7, 11) is 0. The topological polar surface area (TPSA) is 40.5 Å². The molecule has 0 aliphatic heterocycles. The predicted octanol–water partition coefficient (Wildman–Crippen LogP) is 5.35. The lowest BCUT2D eigenvalue weighted by Crippen LogP contribution is -2.07. The smallest absolute Gasteiger partial charge is 0.104 e. The molecule has 2 heteroatoms. The van der Waals surface area contributed by atoms with E-state index in [2.05, 4.69) is 36.4 Å². The van der Waals surface area contributed by atoms with Crippen molar-refractivity contribution in [1.82, 2.24) is 0 Å². The van der Waals surface area contributed by atoms with Gasteiger partial charge >= 0.3 is 0 Å². The monoisotopic (exact) mass is 392 g/mol. The van der Waals surface area contributed by atoms with Crippen LogP contribution in [0.2, 0.25) is 0 Å². The molecule has 1 aliphatic carbocycles. The third-order valence-corrected chi connectivity index (χ3v) is 6.12. The van der Waals surface area contributed by atoms with E-state index in [4.69, 9.17) is 0 Å². The summed E-state index contributed by atoms with van der Waals surface area (Å²) < 4.78 is 0. The van der Waals surface area contributed by atoms with Crippen molar-refractivity contribution in [3.05, 3.63) is 142 Å². The summed E-state index contributed by atoms with van der Waals surface area (Å²) in [5, 5.41) is 22.5. The molecule has 4 aromatic rings. The molecular formula is C28H24O2. The molecule has 2 atom stereocenters. The first kappa shape index (κ1) is 18.8. The highest BCUT2D eigenvalue weighted by Crippen LogP contribution is 2.33. The van der Waals surface area contributed by atoms with Gasteiger partial charge in [0.05, 0.1) is 0 Å². The van der Waals surface area contributed by atoms with Gasteiger partial charge in [-0.3, -0.25) is 0 Å². The van der Waals surface area contributed by atoms with Gasteiger partial charge in [-0.15, -0.1) is 0 Å². The Morgan fingerprint density at radius 1 is 0.467 bits per heavy atom. The van der Waals surface area contributed by atoms with Crippen LogP contribution in [-0.4, -0.2) is 10.2 Å². The number of hydrogen-bond acceptors (Lipinski definition) is 2. The molecule has 2 N–H and O–H groups in total. The van der Waals surface area contributed by atoms with E-state index in [-0.39, 0.29) is 0 Å². The van der Waals surface area contributed by atoms with Crippen molar-refractivity contribution >= 4 is 0 Å². The highest BCUT2D eigenvalue weighted by atomic mass is 16.3. The molecule has 0 saturated carbocycles. The van der Waals surface area contributed by atoms with Gasteiger partial charge in [0, 0.05) is 0 Å². The van der Waals surface area contributed by atoms with Crippen LogP contribution in [0.5, 0.6) is 0 Å². The zero-order valence-corrected chi connectivity index (χ0v) is 16.7. The molecule has 2 unspecified atom stereocenters. The summed E-state index contributed by atoms with van der Waals surface area (Å²) in [5.74, 6) is 0. The zero-order valence-electron chi connectivity index (χ0n) is 16.7. The molecule has 30 heavy (non-hydrogen) atoms. The number of fused-ring (bicyclic) bond motifs is 5. The third-order valence-electron chi connectivity index (χ3n) is 6.12. The summed E-state index contributed by atoms with van der Waals surface area (Å²) in [6.07, 6.45) is 0.0368. The van der Waals surface area contributed by atoms with Crippen molar-refractivity contribution in [1.29, 1.82) is 0 Å². The van der Waals surface area contributed by atoms with Crippen molar-refractivity contribution in [3.63, 3.8) is 0 Å². The maximum Gasteiger partial charge on any atom is 0.104 e. The lowest BCUT2D eigenvalue weighted by Gasteiger charge is -2.19. The Balaban J connectivity index is 1.75. The van der Waals surface area contributed by atoms with E-state index in [9.17, 15) is 10.2 Å². The van der Waals surface area contributed by atoms with Gasteiger partial charge in [0.2, 0.25) is 0 Å². The van der Waals surface area contributed by atoms with E-state index in [1.54, 1.807) is 0 Å². The Morgan fingerprint density at radius 3 is 1.33 bits per heavy atom. The van der Waals surface area contributed by atoms with E-state index in [0.717, 1.165) is 46.2 Å². The first-order chi connectivity index (χ1) is 14.7. The minimum Gasteiger partial charge on any atom is -0.384 e. The van der Waals surface area contributed by atoms with Crippen LogP contribution in [0.3, 0.4) is 0 Å². The molecule has 148 valence electrons. The van der Waals surface area contributed by atoms with Crippen LogP contribution in [-0.2, 0) is 12.8 Å². The van der Waals surface area contributed by atoms with Crippen molar-refractivity contribution in [2.24, 2.45) is 0 Å². The van der Waals surface area contributed by atoms with Crippen LogP contribution in [0, 0.1) is 0 Å². The van der Waals surface area contributed by atoms with Crippen LogP contribution in [0.15, 0.2) is 97.1 Å². The Hall–Kier alpha value is -3.20. The van der Waals surface area contributed by atoms with Gasteiger partial charge in [-0.1, -0.05) is 91.0 Å². The normalized spacial score (nSPS) is 18.1. The van der Waals surface area contributed by atoms with Crippen LogP contribution in [0.1, 0.15) is 56.7 Å². The molecule has 0 radical (unpaired) electrons. The standard InChI is InChI=1S/C28H24O2/c29-27-23-12-7-13-24(18-23)28(30)26-15-6-4-11-22(26)17-20-9-2-1-8-19(20)16-21-10-3-5-14-25(21)27/h1-15,18,27-30H,16-17H2. The summed E-state index contributed by atoms with van der Waals surface area (Å²) in [6.45, 7) is 0. The number of rotatable bonds is 0. The van der Waals surface area contributed by atoms with Crippen LogP contribution < -0.4 is 0 Å². The lowest BCUT2D eigenvalue weighted by molar-refractivity contribution is 0.212. The summed E-state index contributed by atoms with van der Waals surface area (Å²) >= 11 is 0. The number of benzene rings is 4. The molecule has 2 nitrogen and oxygen atoms in total. The van der Waals surface area contributed by atoms with Crippen LogP contribution in [0.4, 0.5) is 0 Å². The predicted molar refractivity (Wildman–Crippen MR) is 120 cm³/mol. The molecule has 0 aromatic heterocycles. The van der Waals surface area contributed by atoms with Gasteiger partial charge < -0.3 is 10.2 Å². The second-order valence-electron chi connectivity index (χ2n) is 8.00. The summed E-state index contributed by atoms with van der Waals surface area (Å²) in [6, 6.07) is 32.4. The Bertz CT molecular complexity index is 1100. The van der Waals surface area contributed by atoms with Crippen molar-refractivity contribution in [3.8, 4) is 0 Å². The SMILES string of the molecule is OC1c2cccc(c2)C(O)c2ccccc2Cc2ccccc2Cc2ccccc21. The maximum absolute atomic E-state index is 11.2. The van der Waals surface area contributed by atoms with Crippen LogP contribution in [0.25, 0.3) is 0 Å². The minimum absolute atomic E-state index is 0.739. The van der Waals surface area contributed by atoms with Gasteiger partial charge in [0.1, 0.15) is 12.2 Å². The van der Waals surface area contributed by atoms with Crippen LogP contribution >= 0.6 is 0 Å². The summed E-state index contributed by atoms with van der Waals surface area (Å²) in [5.41, 5.74) is 8.14. The fourth-order valence-corrected chi connectivity index (χ4v) is 4.49. The zero-order chi connectivity index (χ0) is 20.5. The number of aliphatic hydroxyl groups excluding tert-OH is 2. The lowest BCUT2D eigenvalue weighted by atomic mass is 9.90. The molecule has 1 aliphatic rings. The average Bonchev–Trinajstić information content (AvgIpc) is 2.80. The second-order valence-corrected chi connectivity index (χ2v) is 8.00. The van der Waals surface area contributed by atoms with Crippen molar-refractivity contribution < 1.29 is 10.2 Å². The number of hydrogen-bond donors (Lipinski definition) is 2. The fourth-order valence-electron chi connectivity index (χ4n) is 4.49. The molecular weight excluding hydrogens is 368 g/mol. The highest BCUT2D eigenvalue weighted by Gasteiger charge is 2.20. The molecule has 0 saturated heterocycles. The third kappa shape index (κ3) is 3.45. The molecule has 0 amide bonds. The quantitative estimate of drug-likeness (QED) is 0.424. The molecule has 0 fully saturated rings. The molecule has 5 rings (SSSR count). The molecule has 0 heterocycles. The maximum atomic E-state index is 11.2. The van der Waals surface area contributed by atoms with Gasteiger partial charge in [-0.05, 0) is 63.4 Å². The van der Waals surface area contributed by atoms with E-state index in [1.807, 2.05) is 60.7 Å². The highest BCUT2D eigenvalue weighted by molar-refractivity contribution is 5.46. The Labute approximate surface area is 177 Å².